The molecule has 1 rings (SSSR count). The summed E-state index contributed by atoms with van der Waals surface area (Å²) >= 11 is 4.86. The van der Waals surface area contributed by atoms with Crippen LogP contribution < -0.4 is 5.32 Å². The SMILES string of the molecule is CC1=CC(C(=O)O)=NCC(=S)N1. The van der Waals surface area contributed by atoms with Crippen LogP contribution in [0.15, 0.2) is 16.8 Å². The molecule has 0 amide bonds. The zero-order valence-electron chi connectivity index (χ0n) is 6.50. The summed E-state index contributed by atoms with van der Waals surface area (Å²) in [6, 6.07) is 0. The second-order valence-corrected chi connectivity index (χ2v) is 2.87. The van der Waals surface area contributed by atoms with Gasteiger partial charge < -0.3 is 10.4 Å². The van der Waals surface area contributed by atoms with Gasteiger partial charge in [0.25, 0.3) is 0 Å². The fourth-order valence-electron chi connectivity index (χ4n) is 0.833. The van der Waals surface area contributed by atoms with E-state index in [-0.39, 0.29) is 12.3 Å². The zero-order valence-corrected chi connectivity index (χ0v) is 7.31. The number of aliphatic imine (C=N–C) groups is 1. The van der Waals surface area contributed by atoms with E-state index >= 15 is 0 Å². The maximum absolute atomic E-state index is 10.5. The summed E-state index contributed by atoms with van der Waals surface area (Å²) in [5.74, 6) is -1.03. The Hall–Kier alpha value is -1.23. The monoisotopic (exact) mass is 184 g/mol. The van der Waals surface area contributed by atoms with Crippen LogP contribution in [0.25, 0.3) is 0 Å². The van der Waals surface area contributed by atoms with Crippen LogP contribution in [0.5, 0.6) is 0 Å². The Bertz CT molecular complexity index is 294. The highest BCUT2D eigenvalue weighted by Gasteiger charge is 2.10. The Morgan fingerprint density at radius 2 is 2.50 bits per heavy atom. The van der Waals surface area contributed by atoms with Crippen molar-refractivity contribution in [3.63, 3.8) is 0 Å². The molecule has 0 aromatic rings. The highest BCUT2D eigenvalue weighted by Crippen LogP contribution is 1.96. The number of carboxylic acids is 1. The van der Waals surface area contributed by atoms with Crippen molar-refractivity contribution in [2.45, 2.75) is 6.92 Å². The molecule has 0 atom stereocenters. The molecule has 0 aromatic carbocycles. The van der Waals surface area contributed by atoms with Gasteiger partial charge in [0, 0.05) is 5.70 Å². The number of nitrogens with zero attached hydrogens (tertiary/aromatic N) is 1. The second kappa shape index (κ2) is 3.44. The molecule has 2 N–H and O–H groups in total. The Labute approximate surface area is 75.0 Å². The van der Waals surface area contributed by atoms with Gasteiger partial charge in [0.15, 0.2) is 0 Å². The molecule has 0 aromatic heterocycles. The summed E-state index contributed by atoms with van der Waals surface area (Å²) in [4.78, 5) is 14.8. The number of allylic oxidation sites excluding steroid dienone is 1. The molecule has 1 heterocycles. The average molecular weight is 184 g/mol. The summed E-state index contributed by atoms with van der Waals surface area (Å²) in [5, 5.41) is 11.5. The lowest BCUT2D eigenvalue weighted by Crippen LogP contribution is -2.20. The third-order valence-electron chi connectivity index (χ3n) is 1.30. The van der Waals surface area contributed by atoms with Crippen LogP contribution in [0.2, 0.25) is 0 Å². The molecule has 5 heteroatoms. The van der Waals surface area contributed by atoms with E-state index < -0.39 is 5.97 Å². The quantitative estimate of drug-likeness (QED) is 0.577. The van der Waals surface area contributed by atoms with Crippen LogP contribution in [0.3, 0.4) is 0 Å². The number of thiocarbonyl (C=S) groups is 1. The number of rotatable bonds is 1. The smallest absolute Gasteiger partial charge is 0.354 e. The van der Waals surface area contributed by atoms with Crippen molar-refractivity contribution in [1.29, 1.82) is 0 Å². The van der Waals surface area contributed by atoms with Gasteiger partial charge in [-0.15, -0.1) is 0 Å². The maximum atomic E-state index is 10.5. The van der Waals surface area contributed by atoms with Gasteiger partial charge in [0.1, 0.15) is 10.7 Å². The second-order valence-electron chi connectivity index (χ2n) is 2.38. The topological polar surface area (TPSA) is 61.7 Å². The molecular weight excluding hydrogens is 176 g/mol. The molecule has 1 aliphatic rings. The molecule has 12 heavy (non-hydrogen) atoms. The molecule has 0 aliphatic carbocycles. The Morgan fingerprint density at radius 3 is 3.08 bits per heavy atom. The summed E-state index contributed by atoms with van der Waals surface area (Å²) < 4.78 is 0. The Balaban J connectivity index is 2.93. The molecular formula is C7H8N2O2S. The average Bonchev–Trinajstić information content (AvgIpc) is 2.11. The Morgan fingerprint density at radius 1 is 1.83 bits per heavy atom. The molecule has 0 saturated carbocycles. The van der Waals surface area contributed by atoms with Crippen LogP contribution in [-0.2, 0) is 4.79 Å². The van der Waals surface area contributed by atoms with Crippen molar-refractivity contribution in [1.82, 2.24) is 5.32 Å². The third kappa shape index (κ3) is 2.13. The first-order chi connectivity index (χ1) is 5.59. The van der Waals surface area contributed by atoms with E-state index in [4.69, 9.17) is 17.3 Å². The van der Waals surface area contributed by atoms with Crippen LogP contribution in [0, 0.1) is 0 Å². The van der Waals surface area contributed by atoms with Crippen molar-refractivity contribution in [2.75, 3.05) is 6.54 Å². The van der Waals surface area contributed by atoms with Gasteiger partial charge in [0.05, 0.1) is 6.54 Å². The van der Waals surface area contributed by atoms with Gasteiger partial charge in [-0.1, -0.05) is 12.2 Å². The summed E-state index contributed by atoms with van der Waals surface area (Å²) in [6.07, 6.45) is 1.46. The third-order valence-corrected chi connectivity index (χ3v) is 1.53. The minimum absolute atomic E-state index is 0.0415. The standard InChI is InChI=1S/C7H8N2O2S/c1-4-2-5(7(10)11)8-3-6(12)9-4/h2H,3H2,1H3,(H,9,12)(H,10,11). The molecule has 0 fully saturated rings. The zero-order chi connectivity index (χ0) is 9.14. The molecule has 0 saturated heterocycles. The minimum Gasteiger partial charge on any atom is -0.477 e. The number of carbonyl (C=O) groups is 1. The van der Waals surface area contributed by atoms with E-state index in [0.29, 0.717) is 10.7 Å². The van der Waals surface area contributed by atoms with Gasteiger partial charge in [0.2, 0.25) is 0 Å². The van der Waals surface area contributed by atoms with Crippen LogP contribution in [0.4, 0.5) is 0 Å². The highest BCUT2D eigenvalue weighted by atomic mass is 32.1. The largest absolute Gasteiger partial charge is 0.477 e. The van der Waals surface area contributed by atoms with Crippen LogP contribution >= 0.6 is 12.2 Å². The van der Waals surface area contributed by atoms with Gasteiger partial charge >= 0.3 is 5.97 Å². The molecule has 1 aliphatic heterocycles. The first-order valence-electron chi connectivity index (χ1n) is 3.35. The molecule has 4 nitrogen and oxygen atoms in total. The number of aliphatic carboxylic acids is 1. The molecule has 0 radical (unpaired) electrons. The lowest BCUT2D eigenvalue weighted by molar-refractivity contribution is -0.129. The summed E-state index contributed by atoms with van der Waals surface area (Å²) in [6.45, 7) is 1.99. The maximum Gasteiger partial charge on any atom is 0.354 e. The van der Waals surface area contributed by atoms with Gasteiger partial charge in [-0.25, -0.2) is 4.79 Å². The number of nitrogens with one attached hydrogen (secondary N) is 1. The molecule has 0 unspecified atom stereocenters. The minimum atomic E-state index is -1.03. The van der Waals surface area contributed by atoms with Gasteiger partial charge in [-0.2, -0.15) is 0 Å². The number of carboxylic acid groups (broad SMARTS) is 1. The van der Waals surface area contributed by atoms with E-state index in [1.165, 1.54) is 6.08 Å². The van der Waals surface area contributed by atoms with Crippen molar-refractivity contribution in [3.8, 4) is 0 Å². The van der Waals surface area contributed by atoms with E-state index in [0.717, 1.165) is 0 Å². The first-order valence-corrected chi connectivity index (χ1v) is 3.76. The lowest BCUT2D eigenvalue weighted by atomic mass is 10.3. The van der Waals surface area contributed by atoms with Crippen LogP contribution in [0.1, 0.15) is 6.92 Å². The van der Waals surface area contributed by atoms with Gasteiger partial charge in [-0.3, -0.25) is 4.99 Å². The van der Waals surface area contributed by atoms with Crippen molar-refractivity contribution < 1.29 is 9.90 Å². The summed E-state index contributed by atoms with van der Waals surface area (Å²) in [7, 11) is 0. The number of hydrogen-bond acceptors (Lipinski definition) is 3. The van der Waals surface area contributed by atoms with Crippen LogP contribution in [-0.4, -0.2) is 28.3 Å². The fourth-order valence-corrected chi connectivity index (χ4v) is 1.06. The van der Waals surface area contributed by atoms with E-state index in [1.54, 1.807) is 6.92 Å². The van der Waals surface area contributed by atoms with Crippen molar-refractivity contribution in [3.05, 3.63) is 11.8 Å². The van der Waals surface area contributed by atoms with Crippen molar-refractivity contribution >= 4 is 28.9 Å². The molecule has 0 bridgehead atoms. The predicted octanol–water partition coefficient (Wildman–Crippen LogP) is 0.346. The first kappa shape index (κ1) is 8.86. The van der Waals surface area contributed by atoms with Gasteiger partial charge in [-0.05, 0) is 13.0 Å². The molecule has 0 spiro atoms. The normalized spacial score (nSPS) is 17.2. The highest BCUT2D eigenvalue weighted by molar-refractivity contribution is 7.80. The lowest BCUT2D eigenvalue weighted by Gasteiger charge is -2.00. The van der Waals surface area contributed by atoms with E-state index in [9.17, 15) is 4.79 Å². The number of hydrogen-bond donors (Lipinski definition) is 2. The fraction of sp³-hybridized carbons (Fsp3) is 0.286. The summed E-state index contributed by atoms with van der Waals surface area (Å²) in [5.41, 5.74) is 0.749. The predicted molar refractivity (Wildman–Crippen MR) is 49.4 cm³/mol. The van der Waals surface area contributed by atoms with Crippen molar-refractivity contribution in [2.24, 2.45) is 4.99 Å². The Kier molecular flexibility index (Phi) is 2.54. The van der Waals surface area contributed by atoms with E-state index in [1.807, 2.05) is 0 Å². The van der Waals surface area contributed by atoms with E-state index in [2.05, 4.69) is 10.3 Å². The molecule has 64 valence electrons.